The lowest BCUT2D eigenvalue weighted by molar-refractivity contribution is 0.0491. The first-order valence-corrected chi connectivity index (χ1v) is 29.2. The van der Waals surface area contributed by atoms with E-state index in [1.54, 1.807) is 40.1 Å². The molecule has 0 unspecified atom stereocenters. The van der Waals surface area contributed by atoms with Crippen molar-refractivity contribution in [1.29, 1.82) is 0 Å². The highest BCUT2D eigenvalue weighted by molar-refractivity contribution is 9.09. The molecular formula is C64H67BrF4N6O6. The van der Waals surface area contributed by atoms with Gasteiger partial charge in [0, 0.05) is 94.0 Å². The van der Waals surface area contributed by atoms with E-state index in [-0.39, 0.29) is 46.6 Å². The number of piperidine rings is 2. The van der Waals surface area contributed by atoms with Crippen molar-refractivity contribution in [3.8, 4) is 11.5 Å². The second-order valence-electron chi connectivity index (χ2n) is 21.4. The van der Waals surface area contributed by atoms with Gasteiger partial charge in [-0.2, -0.15) is 0 Å². The van der Waals surface area contributed by atoms with Crippen molar-refractivity contribution in [1.82, 2.24) is 28.9 Å². The van der Waals surface area contributed by atoms with Crippen LogP contribution in [0.2, 0.25) is 0 Å². The first-order valence-electron chi connectivity index (χ1n) is 28.1. The van der Waals surface area contributed by atoms with Crippen LogP contribution in [0.1, 0.15) is 107 Å². The van der Waals surface area contributed by atoms with Crippen LogP contribution < -0.4 is 4.74 Å². The number of likely N-dealkylation sites (tertiary alicyclic amines) is 2. The van der Waals surface area contributed by atoms with Gasteiger partial charge in [-0.05, 0) is 159 Å². The quantitative estimate of drug-likeness (QED) is 0.0947. The predicted octanol–water partition coefficient (Wildman–Crippen LogP) is 13.1. The molecule has 17 heteroatoms. The summed E-state index contributed by atoms with van der Waals surface area (Å²) in [7, 11) is 0. The highest BCUT2D eigenvalue weighted by Gasteiger charge is 2.31. The molecule has 0 radical (unpaired) electrons. The van der Waals surface area contributed by atoms with E-state index in [1.165, 1.54) is 49.2 Å². The van der Waals surface area contributed by atoms with E-state index in [9.17, 15) is 32.3 Å². The third-order valence-corrected chi connectivity index (χ3v) is 16.8. The van der Waals surface area contributed by atoms with Crippen LogP contribution in [0.15, 0.2) is 133 Å². The number of nitrogens with zero attached hydrogens (tertiary/aromatic N) is 6. The lowest BCUT2D eigenvalue weighted by Gasteiger charge is -2.32. The summed E-state index contributed by atoms with van der Waals surface area (Å²) in [5, 5.41) is 10.5. The van der Waals surface area contributed by atoms with Crippen molar-refractivity contribution >= 4 is 49.8 Å². The average Bonchev–Trinajstić information content (AvgIpc) is 4.28. The number of carbonyl (C=O) groups is 2. The molecule has 12 nitrogen and oxygen atoms in total. The van der Waals surface area contributed by atoms with Gasteiger partial charge in [-0.25, -0.2) is 27.5 Å². The topological polar surface area (TPSA) is 124 Å². The summed E-state index contributed by atoms with van der Waals surface area (Å²) >= 11 is 3.46. The normalized spacial score (nSPS) is 16.7. The van der Waals surface area contributed by atoms with Crippen molar-refractivity contribution in [2.24, 2.45) is 11.8 Å². The first-order chi connectivity index (χ1) is 39.5. The van der Waals surface area contributed by atoms with Gasteiger partial charge in [0.15, 0.2) is 23.1 Å². The van der Waals surface area contributed by atoms with Gasteiger partial charge in [-0.1, -0.05) is 64.5 Å². The van der Waals surface area contributed by atoms with Crippen molar-refractivity contribution in [3.05, 3.63) is 191 Å². The molecule has 4 saturated heterocycles. The zero-order chi connectivity index (χ0) is 56.2. The zero-order valence-electron chi connectivity index (χ0n) is 45.2. The van der Waals surface area contributed by atoms with E-state index in [1.807, 2.05) is 60.7 Å². The molecule has 4 aliphatic rings. The summed E-state index contributed by atoms with van der Waals surface area (Å²) in [6.07, 6.45) is 7.23. The largest absolute Gasteiger partial charge is 0.505 e. The maximum Gasteiger partial charge on any atom is 0.253 e. The Hall–Kier alpha value is -7.08. The Balaban J connectivity index is 0.000000162. The smallest absolute Gasteiger partial charge is 0.253 e. The number of halogens is 5. The number of rotatable bonds is 12. The number of fused-ring (bicyclic) bond motifs is 2. The second kappa shape index (κ2) is 27.1. The second-order valence-corrected chi connectivity index (χ2v) is 22.0. The monoisotopic (exact) mass is 1170 g/mol. The maximum absolute atomic E-state index is 14.8. The van der Waals surface area contributed by atoms with E-state index < -0.39 is 17.4 Å². The number of phenols is 1. The minimum Gasteiger partial charge on any atom is -0.505 e. The van der Waals surface area contributed by atoms with Gasteiger partial charge in [0.05, 0.1) is 28.7 Å². The fourth-order valence-electron chi connectivity index (χ4n) is 11.2. The van der Waals surface area contributed by atoms with E-state index in [0.29, 0.717) is 70.6 Å². The fraction of sp³-hybridized carbons (Fsp3) is 0.375. The molecule has 4 fully saturated rings. The van der Waals surface area contributed by atoms with Crippen molar-refractivity contribution < 1.29 is 46.5 Å². The molecule has 2 amide bonds. The molecule has 2 aromatic heterocycles. The van der Waals surface area contributed by atoms with E-state index >= 15 is 0 Å². The van der Waals surface area contributed by atoms with Gasteiger partial charge in [-0.3, -0.25) is 9.59 Å². The van der Waals surface area contributed by atoms with Crippen molar-refractivity contribution in [3.63, 3.8) is 0 Å². The van der Waals surface area contributed by atoms with Gasteiger partial charge in [0.1, 0.15) is 23.3 Å². The van der Waals surface area contributed by atoms with Gasteiger partial charge in [-0.15, -0.1) is 0 Å². The number of benzene rings is 6. The minimum atomic E-state index is -0.804. The number of carbonyl (C=O) groups excluding carboxylic acids is 2. The average molecular weight is 1170 g/mol. The van der Waals surface area contributed by atoms with Crippen molar-refractivity contribution in [2.75, 3.05) is 64.5 Å². The van der Waals surface area contributed by atoms with Crippen molar-refractivity contribution in [2.45, 2.75) is 76.3 Å². The molecule has 0 atom stereocenters. The molecule has 12 rings (SSSR count). The SMILES string of the molecule is BrCC1CCOCC1.O=C(c1ccc(O)c(F)c1)N1CCC(c2nc3ccccc3n2Cc2cccc(F)c2)CC1.O=C(c1ccc(OCC2CCOCC2)c(F)c1)N1CCC(c2nc3ccccc3n2Cc2cccc(F)c2)CC1. The number of hydrogen-bond acceptors (Lipinski definition) is 8. The minimum absolute atomic E-state index is 0.145. The van der Waals surface area contributed by atoms with E-state index in [0.717, 1.165) is 114 Å². The molecule has 0 bridgehead atoms. The van der Waals surface area contributed by atoms with Crippen LogP contribution in [-0.2, 0) is 22.6 Å². The molecule has 81 heavy (non-hydrogen) atoms. The summed E-state index contributed by atoms with van der Waals surface area (Å²) < 4.78 is 76.7. The standard InChI is InChI=1S/C32H33F2N3O3.C26H23F2N3O2.C6H11BrO/c33-26-5-3-4-23(18-26)20-37-29-7-2-1-6-28(29)35-31(37)24-10-14-36(15-11-24)32(38)25-8-9-30(27(34)19-25)40-21-22-12-16-39-17-13-22;27-20-5-3-4-17(14-20)16-31-23-7-2-1-6-22(23)29-25(31)18-10-12-30(13-11-18)26(33)19-8-9-24(32)21(28)15-19;7-5-6-1-3-8-4-2-6/h1-9,18-19,22,24H,10-17,20-21H2;1-9,14-15,18,32H,10-13,16H2;6H,1-5H2. The maximum atomic E-state index is 14.8. The molecule has 424 valence electrons. The lowest BCUT2D eigenvalue weighted by Crippen LogP contribution is -2.38. The summed E-state index contributed by atoms with van der Waals surface area (Å²) in [5.74, 6) is 0.861. The summed E-state index contributed by atoms with van der Waals surface area (Å²) in [6.45, 7) is 7.00. The molecule has 6 heterocycles. The third-order valence-electron chi connectivity index (χ3n) is 15.9. The number of para-hydroxylation sites is 4. The van der Waals surface area contributed by atoms with Crippen LogP contribution in [-0.4, -0.2) is 110 Å². The highest BCUT2D eigenvalue weighted by atomic mass is 79.9. The molecule has 0 spiro atoms. The fourth-order valence-corrected chi connectivity index (χ4v) is 11.9. The number of imidazole rings is 2. The van der Waals surface area contributed by atoms with Gasteiger partial charge in [0.2, 0.25) is 0 Å². The number of amides is 2. The Kier molecular flexibility index (Phi) is 19.1. The molecule has 1 N–H and O–H groups in total. The van der Waals surface area contributed by atoms with Crippen LogP contribution in [0.5, 0.6) is 11.5 Å². The number of ether oxygens (including phenoxy) is 3. The van der Waals surface area contributed by atoms with Crippen LogP contribution in [0, 0.1) is 35.1 Å². The Labute approximate surface area is 477 Å². The number of aromatic hydroxyl groups is 1. The molecular weight excluding hydrogens is 1100 g/mol. The first kappa shape index (κ1) is 57.2. The molecule has 8 aromatic rings. The van der Waals surface area contributed by atoms with E-state index in [4.69, 9.17) is 24.2 Å². The lowest BCUT2D eigenvalue weighted by atomic mass is 9.95. The summed E-state index contributed by atoms with van der Waals surface area (Å²) in [4.78, 5) is 39.4. The Morgan fingerprint density at radius 1 is 0.543 bits per heavy atom. The number of alkyl halides is 1. The highest BCUT2D eigenvalue weighted by Crippen LogP contribution is 2.34. The van der Waals surface area contributed by atoms with Gasteiger partial charge in [0.25, 0.3) is 11.8 Å². The van der Waals surface area contributed by atoms with Crippen LogP contribution in [0.25, 0.3) is 22.1 Å². The number of aromatic nitrogens is 4. The molecule has 0 aliphatic carbocycles. The van der Waals surface area contributed by atoms with Crippen LogP contribution >= 0.6 is 15.9 Å². The van der Waals surface area contributed by atoms with Gasteiger partial charge < -0.3 is 38.3 Å². The number of phenolic OH excluding ortho intramolecular Hbond substituents is 1. The molecule has 4 aliphatic heterocycles. The number of hydrogen-bond donors (Lipinski definition) is 1. The molecule has 6 aromatic carbocycles. The van der Waals surface area contributed by atoms with Gasteiger partial charge >= 0.3 is 0 Å². The summed E-state index contributed by atoms with van der Waals surface area (Å²) in [6, 6.07) is 37.3. The Bertz CT molecular complexity index is 3420. The predicted molar refractivity (Wildman–Crippen MR) is 307 cm³/mol. The molecule has 0 saturated carbocycles. The van der Waals surface area contributed by atoms with E-state index in [2.05, 4.69) is 25.1 Å². The zero-order valence-corrected chi connectivity index (χ0v) is 46.8. The van der Waals surface area contributed by atoms with Crippen LogP contribution in [0.3, 0.4) is 0 Å². The summed E-state index contributed by atoms with van der Waals surface area (Å²) in [5.41, 5.74) is 6.09. The Morgan fingerprint density at radius 2 is 1.00 bits per heavy atom. The van der Waals surface area contributed by atoms with Crippen LogP contribution in [0.4, 0.5) is 17.6 Å². The Morgan fingerprint density at radius 3 is 1.44 bits per heavy atom. The third kappa shape index (κ3) is 14.3.